The van der Waals surface area contributed by atoms with Gasteiger partial charge < -0.3 is 10.3 Å². The van der Waals surface area contributed by atoms with E-state index in [1.807, 2.05) is 0 Å². The van der Waals surface area contributed by atoms with E-state index in [9.17, 15) is 13.2 Å². The molecule has 1 rings (SSSR count). The standard InChI is InChI=1S/C11H18N2O3S/c1-2-17(15,16)8-4-7-13-6-3-5-10(9-12)11(13)14/h3,5-6H,2,4,7-9,12H2,1H3. The molecule has 0 saturated carbocycles. The Bertz CT molecular complexity index is 520. The summed E-state index contributed by atoms with van der Waals surface area (Å²) < 4.78 is 24.1. The van der Waals surface area contributed by atoms with Crippen molar-refractivity contribution in [2.24, 2.45) is 5.73 Å². The van der Waals surface area contributed by atoms with Crippen molar-refractivity contribution in [3.63, 3.8) is 0 Å². The van der Waals surface area contributed by atoms with Gasteiger partial charge in [0.05, 0.1) is 5.75 Å². The summed E-state index contributed by atoms with van der Waals surface area (Å²) in [6.45, 7) is 2.23. The van der Waals surface area contributed by atoms with E-state index in [1.54, 1.807) is 25.3 Å². The number of nitrogens with zero attached hydrogens (tertiary/aromatic N) is 1. The zero-order valence-electron chi connectivity index (χ0n) is 9.93. The number of sulfone groups is 1. The molecule has 0 bridgehead atoms. The van der Waals surface area contributed by atoms with Crippen LogP contribution in [0.25, 0.3) is 0 Å². The molecule has 0 aromatic carbocycles. The summed E-state index contributed by atoms with van der Waals surface area (Å²) >= 11 is 0. The Labute approximate surface area is 101 Å². The molecule has 96 valence electrons. The summed E-state index contributed by atoms with van der Waals surface area (Å²) in [5.41, 5.74) is 5.84. The summed E-state index contributed by atoms with van der Waals surface area (Å²) in [7, 11) is -2.96. The minimum Gasteiger partial charge on any atom is -0.326 e. The molecule has 1 aromatic rings. The molecule has 6 heteroatoms. The van der Waals surface area contributed by atoms with Crippen LogP contribution in [0.5, 0.6) is 0 Å². The van der Waals surface area contributed by atoms with Gasteiger partial charge in [-0.1, -0.05) is 13.0 Å². The normalized spacial score (nSPS) is 11.6. The number of aryl methyl sites for hydroxylation is 1. The van der Waals surface area contributed by atoms with Crippen LogP contribution in [0.2, 0.25) is 0 Å². The molecule has 0 aliphatic rings. The number of nitrogens with two attached hydrogens (primary N) is 1. The highest BCUT2D eigenvalue weighted by atomic mass is 32.2. The van der Waals surface area contributed by atoms with E-state index in [2.05, 4.69) is 0 Å². The monoisotopic (exact) mass is 258 g/mol. The van der Waals surface area contributed by atoms with Gasteiger partial charge in [0.2, 0.25) is 0 Å². The van der Waals surface area contributed by atoms with Gasteiger partial charge in [-0.05, 0) is 12.5 Å². The quantitative estimate of drug-likeness (QED) is 0.786. The topological polar surface area (TPSA) is 82.2 Å². The van der Waals surface area contributed by atoms with Crippen LogP contribution in [0.3, 0.4) is 0 Å². The fraction of sp³-hybridized carbons (Fsp3) is 0.545. The van der Waals surface area contributed by atoms with Gasteiger partial charge in [0.15, 0.2) is 0 Å². The molecule has 0 unspecified atom stereocenters. The number of hydrogen-bond acceptors (Lipinski definition) is 4. The van der Waals surface area contributed by atoms with E-state index in [0.717, 1.165) is 0 Å². The van der Waals surface area contributed by atoms with Crippen molar-refractivity contribution in [2.45, 2.75) is 26.4 Å². The SMILES string of the molecule is CCS(=O)(=O)CCCn1cccc(CN)c1=O. The molecule has 0 radical (unpaired) electrons. The van der Waals surface area contributed by atoms with Gasteiger partial charge in [-0.25, -0.2) is 8.42 Å². The van der Waals surface area contributed by atoms with Gasteiger partial charge in [0.25, 0.3) is 5.56 Å². The third-order valence-electron chi connectivity index (χ3n) is 2.61. The Kier molecular flexibility index (Phi) is 4.89. The highest BCUT2D eigenvalue weighted by Gasteiger charge is 2.07. The maximum atomic E-state index is 11.8. The Morgan fingerprint density at radius 1 is 1.41 bits per heavy atom. The molecule has 0 fully saturated rings. The highest BCUT2D eigenvalue weighted by molar-refractivity contribution is 7.91. The average molecular weight is 258 g/mol. The van der Waals surface area contributed by atoms with Crippen molar-refractivity contribution in [3.05, 3.63) is 34.2 Å². The molecule has 1 aromatic heterocycles. The van der Waals surface area contributed by atoms with Crippen molar-refractivity contribution >= 4 is 9.84 Å². The van der Waals surface area contributed by atoms with Gasteiger partial charge in [-0.15, -0.1) is 0 Å². The fourth-order valence-corrected chi connectivity index (χ4v) is 2.37. The third kappa shape index (κ3) is 3.98. The summed E-state index contributed by atoms with van der Waals surface area (Å²) in [4.78, 5) is 11.8. The van der Waals surface area contributed by atoms with Gasteiger partial charge >= 0.3 is 0 Å². The van der Waals surface area contributed by atoms with E-state index in [4.69, 9.17) is 5.73 Å². The molecule has 0 saturated heterocycles. The molecule has 5 nitrogen and oxygen atoms in total. The minimum absolute atomic E-state index is 0.114. The predicted octanol–water partition coefficient (Wildman–Crippen LogP) is 0.132. The summed E-state index contributed by atoms with van der Waals surface area (Å²) in [6, 6.07) is 3.43. The van der Waals surface area contributed by atoms with Crippen molar-refractivity contribution in [2.75, 3.05) is 11.5 Å². The molecule has 0 atom stereocenters. The van der Waals surface area contributed by atoms with E-state index in [0.29, 0.717) is 18.5 Å². The minimum atomic E-state index is -2.96. The average Bonchev–Trinajstić information content (AvgIpc) is 2.31. The number of pyridine rings is 1. The molecule has 1 heterocycles. The fourth-order valence-electron chi connectivity index (χ4n) is 1.52. The molecule has 0 aliphatic carbocycles. The predicted molar refractivity (Wildman–Crippen MR) is 67.5 cm³/mol. The van der Waals surface area contributed by atoms with Gasteiger partial charge in [0, 0.05) is 30.6 Å². The first kappa shape index (κ1) is 13.9. The zero-order chi connectivity index (χ0) is 12.9. The Morgan fingerprint density at radius 3 is 2.71 bits per heavy atom. The number of aromatic nitrogens is 1. The van der Waals surface area contributed by atoms with Gasteiger partial charge in [-0.3, -0.25) is 4.79 Å². The van der Waals surface area contributed by atoms with E-state index in [-0.39, 0.29) is 23.6 Å². The Morgan fingerprint density at radius 2 is 2.12 bits per heavy atom. The van der Waals surface area contributed by atoms with Gasteiger partial charge in [0.1, 0.15) is 9.84 Å². The van der Waals surface area contributed by atoms with Crippen molar-refractivity contribution in [3.8, 4) is 0 Å². The van der Waals surface area contributed by atoms with E-state index >= 15 is 0 Å². The first-order valence-corrected chi connectivity index (χ1v) is 7.41. The Balaban J connectivity index is 2.68. The largest absolute Gasteiger partial charge is 0.326 e. The zero-order valence-corrected chi connectivity index (χ0v) is 10.7. The molecule has 0 spiro atoms. The molecule has 17 heavy (non-hydrogen) atoms. The van der Waals surface area contributed by atoms with Crippen LogP contribution in [0.15, 0.2) is 23.1 Å². The van der Waals surface area contributed by atoms with Crippen LogP contribution in [-0.2, 0) is 22.9 Å². The summed E-state index contributed by atoms with van der Waals surface area (Å²) in [5, 5.41) is 0. The van der Waals surface area contributed by atoms with Crippen molar-refractivity contribution < 1.29 is 8.42 Å². The van der Waals surface area contributed by atoms with Crippen LogP contribution >= 0.6 is 0 Å². The number of hydrogen-bond donors (Lipinski definition) is 1. The molecular weight excluding hydrogens is 240 g/mol. The van der Waals surface area contributed by atoms with Crippen LogP contribution < -0.4 is 11.3 Å². The van der Waals surface area contributed by atoms with E-state index < -0.39 is 9.84 Å². The second kappa shape index (κ2) is 5.97. The summed E-state index contributed by atoms with van der Waals surface area (Å²) in [6.07, 6.45) is 2.10. The second-order valence-corrected chi connectivity index (χ2v) is 6.30. The van der Waals surface area contributed by atoms with Crippen LogP contribution in [-0.4, -0.2) is 24.5 Å². The molecule has 0 amide bonds. The lowest BCUT2D eigenvalue weighted by molar-refractivity contribution is 0.584. The van der Waals surface area contributed by atoms with Crippen molar-refractivity contribution in [1.29, 1.82) is 0 Å². The molecular formula is C11H18N2O3S. The van der Waals surface area contributed by atoms with Crippen LogP contribution in [0.4, 0.5) is 0 Å². The molecule has 2 N–H and O–H groups in total. The van der Waals surface area contributed by atoms with Gasteiger partial charge in [-0.2, -0.15) is 0 Å². The van der Waals surface area contributed by atoms with E-state index in [1.165, 1.54) is 4.57 Å². The van der Waals surface area contributed by atoms with Crippen LogP contribution in [0, 0.1) is 0 Å². The highest BCUT2D eigenvalue weighted by Crippen LogP contribution is 1.97. The lowest BCUT2D eigenvalue weighted by atomic mass is 10.3. The summed E-state index contributed by atoms with van der Waals surface area (Å²) in [5.74, 6) is 0.257. The maximum absolute atomic E-state index is 11.8. The number of rotatable bonds is 6. The third-order valence-corrected chi connectivity index (χ3v) is 4.40. The molecule has 0 aliphatic heterocycles. The second-order valence-electron chi connectivity index (χ2n) is 3.83. The van der Waals surface area contributed by atoms with Crippen LogP contribution in [0.1, 0.15) is 18.9 Å². The van der Waals surface area contributed by atoms with Crippen molar-refractivity contribution in [1.82, 2.24) is 4.57 Å². The lowest BCUT2D eigenvalue weighted by Crippen LogP contribution is -2.25. The first-order valence-electron chi connectivity index (χ1n) is 5.59. The maximum Gasteiger partial charge on any atom is 0.255 e. The first-order chi connectivity index (χ1) is 8.00. The smallest absolute Gasteiger partial charge is 0.255 e. The lowest BCUT2D eigenvalue weighted by Gasteiger charge is -2.07. The Hall–Kier alpha value is -1.14.